The van der Waals surface area contributed by atoms with E-state index in [1.807, 2.05) is 23.5 Å². The minimum absolute atomic E-state index is 0.124. The predicted molar refractivity (Wildman–Crippen MR) is 141 cm³/mol. The van der Waals surface area contributed by atoms with E-state index in [0.29, 0.717) is 24.2 Å². The summed E-state index contributed by atoms with van der Waals surface area (Å²) in [6.45, 7) is 8.92. The number of hydrogen-bond acceptors (Lipinski definition) is 8. The number of aromatic hydroxyl groups is 2. The summed E-state index contributed by atoms with van der Waals surface area (Å²) in [4.78, 5) is 23.4. The van der Waals surface area contributed by atoms with Crippen LogP contribution in [0.2, 0.25) is 0 Å². The van der Waals surface area contributed by atoms with Gasteiger partial charge in [-0.3, -0.25) is 9.59 Å². The Kier molecular flexibility index (Phi) is 11.2. The van der Waals surface area contributed by atoms with Crippen LogP contribution in [-0.2, 0) is 12.8 Å². The van der Waals surface area contributed by atoms with Gasteiger partial charge in [-0.25, -0.2) is 0 Å². The van der Waals surface area contributed by atoms with E-state index in [1.165, 1.54) is 12.3 Å². The van der Waals surface area contributed by atoms with Crippen molar-refractivity contribution in [2.24, 2.45) is 10.8 Å². The molecule has 8 heteroatoms. The number of hydrogen-bond donors (Lipinski definition) is 2. The second kappa shape index (κ2) is 13.3. The molecule has 0 spiro atoms. The van der Waals surface area contributed by atoms with E-state index in [9.17, 15) is 19.8 Å². The Balaban J connectivity index is 1.55. The topological polar surface area (TPSA) is 101 Å². The van der Waals surface area contributed by atoms with Crippen LogP contribution in [0.5, 0.6) is 11.5 Å². The minimum atomic E-state index is -0.389. The molecular weight excluding hydrogens is 472 g/mol. The second-order valence-corrected chi connectivity index (χ2v) is 12.7. The van der Waals surface area contributed by atoms with Gasteiger partial charge in [-0.2, -0.15) is 23.5 Å². The predicted octanol–water partition coefficient (Wildman–Crippen LogP) is 5.87. The highest BCUT2D eigenvalue weighted by Crippen LogP contribution is 2.30. The molecule has 34 heavy (non-hydrogen) atoms. The molecule has 6 nitrogen and oxygen atoms in total. The first-order valence-corrected chi connectivity index (χ1v) is 14.0. The van der Waals surface area contributed by atoms with Crippen molar-refractivity contribution in [1.29, 1.82) is 0 Å². The molecule has 0 atom stereocenters. The van der Waals surface area contributed by atoms with E-state index in [4.69, 9.17) is 8.83 Å². The molecule has 2 aromatic heterocycles. The molecule has 2 heterocycles. The Morgan fingerprint density at radius 1 is 0.765 bits per heavy atom. The maximum absolute atomic E-state index is 11.9. The van der Waals surface area contributed by atoms with Gasteiger partial charge in [0.25, 0.3) is 0 Å². The van der Waals surface area contributed by atoms with Crippen LogP contribution in [0, 0.1) is 10.8 Å². The molecule has 0 bridgehead atoms. The first kappa shape index (κ1) is 28.4. The van der Waals surface area contributed by atoms with Crippen molar-refractivity contribution >= 4 is 23.5 Å². The quantitative estimate of drug-likeness (QED) is 0.287. The molecule has 2 aromatic rings. The molecule has 0 saturated carbocycles. The molecule has 2 rings (SSSR count). The van der Waals surface area contributed by atoms with Gasteiger partial charge in [0.2, 0.25) is 10.9 Å². The molecule has 190 valence electrons. The van der Waals surface area contributed by atoms with Gasteiger partial charge >= 0.3 is 0 Å². The third-order valence-electron chi connectivity index (χ3n) is 6.12. The molecule has 0 unspecified atom stereocenters. The second-order valence-electron chi connectivity index (χ2n) is 10.3. The fourth-order valence-electron chi connectivity index (χ4n) is 3.40. The summed E-state index contributed by atoms with van der Waals surface area (Å²) in [5.41, 5.74) is 0.0994. The number of aryl methyl sites for hydroxylation is 2. The Hall–Kier alpha value is -1.80. The highest BCUT2D eigenvalue weighted by molar-refractivity contribution is 8.02. The highest BCUT2D eigenvalue weighted by Gasteiger charge is 2.20. The zero-order valence-electron chi connectivity index (χ0n) is 20.7. The average molecular weight is 511 g/mol. The van der Waals surface area contributed by atoms with Crippen molar-refractivity contribution < 1.29 is 19.0 Å². The molecule has 2 N–H and O–H groups in total. The SMILES string of the molecule is CC(C)(CCSCCSCCC(C)(C)CCc1cocc(O)c1=O)CCc1cc(=O)c(O)co1. The summed E-state index contributed by atoms with van der Waals surface area (Å²) in [5, 5.41) is 18.8. The first-order valence-electron chi connectivity index (χ1n) is 11.7. The monoisotopic (exact) mass is 510 g/mol. The molecule has 0 fully saturated rings. The van der Waals surface area contributed by atoms with E-state index < -0.39 is 0 Å². The Morgan fingerprint density at radius 3 is 1.94 bits per heavy atom. The fraction of sp³-hybridized carbons (Fsp3) is 0.615. The first-order chi connectivity index (χ1) is 16.0. The smallest absolute Gasteiger partial charge is 0.229 e. The van der Waals surface area contributed by atoms with E-state index >= 15 is 0 Å². The highest BCUT2D eigenvalue weighted by atomic mass is 32.2. The molecule has 0 radical (unpaired) electrons. The lowest BCUT2D eigenvalue weighted by molar-refractivity contribution is 0.310. The molecular formula is C26H38O6S2. The van der Waals surface area contributed by atoms with Gasteiger partial charge in [0.05, 0.1) is 6.26 Å². The van der Waals surface area contributed by atoms with E-state index in [0.717, 1.165) is 61.2 Å². The molecule has 0 aliphatic carbocycles. The standard InChI is InChI=1S/C26H38O6S2/c1-25(2,7-5-19-16-31-17-23(29)24(19)30)9-11-33-13-14-34-12-10-26(3,4)8-6-20-15-21(27)22(28)18-32-20/h15-18,28-29H,5-14H2,1-4H3. The van der Waals surface area contributed by atoms with Crippen LogP contribution in [0.25, 0.3) is 0 Å². The summed E-state index contributed by atoms with van der Waals surface area (Å²) in [7, 11) is 0. The molecule has 0 amide bonds. The number of thioether (sulfide) groups is 2. The van der Waals surface area contributed by atoms with E-state index in [2.05, 4.69) is 27.7 Å². The van der Waals surface area contributed by atoms with Crippen LogP contribution in [-0.4, -0.2) is 33.2 Å². The Labute approximate surface area is 210 Å². The van der Waals surface area contributed by atoms with Gasteiger partial charge < -0.3 is 19.0 Å². The summed E-state index contributed by atoms with van der Waals surface area (Å²) < 4.78 is 10.3. The van der Waals surface area contributed by atoms with Crippen molar-refractivity contribution in [2.45, 2.75) is 66.2 Å². The van der Waals surface area contributed by atoms with Crippen molar-refractivity contribution in [2.75, 3.05) is 23.0 Å². The lowest BCUT2D eigenvalue weighted by atomic mass is 9.84. The van der Waals surface area contributed by atoms with Crippen LogP contribution < -0.4 is 10.9 Å². The van der Waals surface area contributed by atoms with Crippen LogP contribution in [0.4, 0.5) is 0 Å². The molecule has 0 saturated heterocycles. The van der Waals surface area contributed by atoms with Crippen molar-refractivity contribution in [1.82, 2.24) is 0 Å². The fourth-order valence-corrected chi connectivity index (χ4v) is 6.15. The average Bonchev–Trinajstić information content (AvgIpc) is 2.77. The third-order valence-corrected chi connectivity index (χ3v) is 8.35. The van der Waals surface area contributed by atoms with Crippen molar-refractivity contribution in [3.05, 3.63) is 56.6 Å². The van der Waals surface area contributed by atoms with Crippen molar-refractivity contribution in [3.63, 3.8) is 0 Å². The van der Waals surface area contributed by atoms with Crippen LogP contribution >= 0.6 is 23.5 Å². The van der Waals surface area contributed by atoms with Gasteiger partial charge in [-0.05, 0) is 54.4 Å². The van der Waals surface area contributed by atoms with Crippen LogP contribution in [0.1, 0.15) is 64.7 Å². The maximum Gasteiger partial charge on any atom is 0.229 e. The lowest BCUT2D eigenvalue weighted by Gasteiger charge is -2.24. The van der Waals surface area contributed by atoms with Gasteiger partial charge in [-0.1, -0.05) is 27.7 Å². The van der Waals surface area contributed by atoms with E-state index in [-0.39, 0.29) is 33.2 Å². The van der Waals surface area contributed by atoms with E-state index in [1.54, 1.807) is 0 Å². The van der Waals surface area contributed by atoms with Crippen LogP contribution in [0.3, 0.4) is 0 Å². The van der Waals surface area contributed by atoms with Gasteiger partial charge in [-0.15, -0.1) is 0 Å². The number of rotatable bonds is 15. The molecule has 0 aliphatic heterocycles. The summed E-state index contributed by atoms with van der Waals surface area (Å²) in [5.74, 6) is 4.39. The van der Waals surface area contributed by atoms with Gasteiger partial charge in [0, 0.05) is 29.6 Å². The van der Waals surface area contributed by atoms with Crippen molar-refractivity contribution in [3.8, 4) is 11.5 Å². The zero-order chi connectivity index (χ0) is 25.2. The summed E-state index contributed by atoms with van der Waals surface area (Å²) >= 11 is 3.95. The summed E-state index contributed by atoms with van der Waals surface area (Å²) in [6.07, 6.45) is 8.91. The Bertz CT molecular complexity index is 1010. The summed E-state index contributed by atoms with van der Waals surface area (Å²) in [6, 6.07) is 1.38. The minimum Gasteiger partial charge on any atom is -0.502 e. The molecule has 0 aromatic carbocycles. The van der Waals surface area contributed by atoms with Crippen LogP contribution in [0.15, 0.2) is 43.3 Å². The third kappa shape index (κ3) is 10.2. The normalized spacial score (nSPS) is 12.2. The molecule has 0 aliphatic rings. The van der Waals surface area contributed by atoms with Gasteiger partial charge in [0.15, 0.2) is 11.5 Å². The maximum atomic E-state index is 11.9. The lowest BCUT2D eigenvalue weighted by Crippen LogP contribution is -2.17. The largest absolute Gasteiger partial charge is 0.502 e. The zero-order valence-corrected chi connectivity index (χ0v) is 22.4. The van der Waals surface area contributed by atoms with Gasteiger partial charge in [0.1, 0.15) is 18.3 Å². The Morgan fingerprint density at radius 2 is 1.35 bits per heavy atom.